The molecule has 2 heterocycles. The molecule has 0 bridgehead atoms. The summed E-state index contributed by atoms with van der Waals surface area (Å²) in [4.78, 5) is 0. The second kappa shape index (κ2) is 4.29. The van der Waals surface area contributed by atoms with Gasteiger partial charge in [-0.05, 0) is 24.1 Å². The topological polar surface area (TPSA) is 39.7 Å². The van der Waals surface area contributed by atoms with Gasteiger partial charge < -0.3 is 14.2 Å². The van der Waals surface area contributed by atoms with Crippen molar-refractivity contribution in [3.63, 3.8) is 0 Å². The van der Waals surface area contributed by atoms with E-state index in [2.05, 4.69) is 17.4 Å². The minimum Gasteiger partial charge on any atom is -0.497 e. The zero-order valence-corrected chi connectivity index (χ0v) is 9.94. The van der Waals surface area contributed by atoms with Gasteiger partial charge in [-0.15, -0.1) is 0 Å². The summed E-state index contributed by atoms with van der Waals surface area (Å²) in [5, 5.41) is 3.53. The lowest BCUT2D eigenvalue weighted by molar-refractivity contribution is -0.247. The SMILES string of the molecule is COc1ccc(C2CCOC3(COC3)N2)cc1. The second-order valence-electron chi connectivity index (χ2n) is 4.59. The van der Waals surface area contributed by atoms with E-state index in [0.717, 1.165) is 18.8 Å². The predicted molar refractivity (Wildman–Crippen MR) is 63.0 cm³/mol. The maximum Gasteiger partial charge on any atom is 0.166 e. The minimum absolute atomic E-state index is 0.233. The van der Waals surface area contributed by atoms with Gasteiger partial charge in [-0.1, -0.05) is 12.1 Å². The van der Waals surface area contributed by atoms with Crippen molar-refractivity contribution in [2.24, 2.45) is 0 Å². The smallest absolute Gasteiger partial charge is 0.166 e. The van der Waals surface area contributed by atoms with Crippen molar-refractivity contribution in [1.82, 2.24) is 5.32 Å². The minimum atomic E-state index is -0.233. The van der Waals surface area contributed by atoms with Crippen molar-refractivity contribution in [2.45, 2.75) is 18.2 Å². The molecule has 0 radical (unpaired) electrons. The average molecular weight is 235 g/mol. The van der Waals surface area contributed by atoms with Gasteiger partial charge in [-0.2, -0.15) is 0 Å². The largest absolute Gasteiger partial charge is 0.497 e. The van der Waals surface area contributed by atoms with Crippen LogP contribution in [0.2, 0.25) is 0 Å². The summed E-state index contributed by atoms with van der Waals surface area (Å²) < 4.78 is 16.1. The van der Waals surface area contributed by atoms with Gasteiger partial charge in [0.05, 0.1) is 26.9 Å². The number of nitrogens with one attached hydrogen (secondary N) is 1. The molecule has 0 amide bonds. The van der Waals surface area contributed by atoms with Crippen molar-refractivity contribution in [3.8, 4) is 5.75 Å². The predicted octanol–water partition coefficient (Wildman–Crippen LogP) is 1.47. The van der Waals surface area contributed by atoms with E-state index < -0.39 is 0 Å². The third-order valence-electron chi connectivity index (χ3n) is 3.41. The number of benzene rings is 1. The Labute approximate surface area is 101 Å². The summed E-state index contributed by atoms with van der Waals surface area (Å²) in [6.07, 6.45) is 0.994. The lowest BCUT2D eigenvalue weighted by Crippen LogP contribution is -2.65. The lowest BCUT2D eigenvalue weighted by atomic mass is 9.99. The van der Waals surface area contributed by atoms with Crippen LogP contribution in [-0.2, 0) is 9.47 Å². The van der Waals surface area contributed by atoms with Crippen LogP contribution in [0.15, 0.2) is 24.3 Å². The number of hydrogen-bond acceptors (Lipinski definition) is 4. The molecule has 0 aromatic heterocycles. The zero-order valence-electron chi connectivity index (χ0n) is 9.94. The van der Waals surface area contributed by atoms with Crippen LogP contribution in [0.3, 0.4) is 0 Å². The van der Waals surface area contributed by atoms with Crippen molar-refractivity contribution < 1.29 is 14.2 Å². The van der Waals surface area contributed by atoms with Crippen LogP contribution in [0.1, 0.15) is 18.0 Å². The first-order valence-corrected chi connectivity index (χ1v) is 5.95. The van der Waals surface area contributed by atoms with Gasteiger partial charge in [0.15, 0.2) is 5.72 Å². The van der Waals surface area contributed by atoms with Gasteiger partial charge in [0.25, 0.3) is 0 Å². The maximum absolute atomic E-state index is 5.74. The number of rotatable bonds is 2. The first-order chi connectivity index (χ1) is 8.31. The van der Waals surface area contributed by atoms with Crippen molar-refractivity contribution in [3.05, 3.63) is 29.8 Å². The first-order valence-electron chi connectivity index (χ1n) is 5.95. The summed E-state index contributed by atoms with van der Waals surface area (Å²) in [6, 6.07) is 8.55. The van der Waals surface area contributed by atoms with E-state index in [1.807, 2.05) is 12.1 Å². The molecule has 1 aromatic rings. The van der Waals surface area contributed by atoms with Gasteiger partial charge in [0, 0.05) is 6.04 Å². The Morgan fingerprint density at radius 3 is 2.65 bits per heavy atom. The fourth-order valence-electron chi connectivity index (χ4n) is 2.34. The van der Waals surface area contributed by atoms with Crippen molar-refractivity contribution in [2.75, 3.05) is 26.9 Å². The highest BCUT2D eigenvalue weighted by Crippen LogP contribution is 2.31. The Kier molecular flexibility index (Phi) is 2.78. The van der Waals surface area contributed by atoms with Crippen LogP contribution in [0.25, 0.3) is 0 Å². The summed E-state index contributed by atoms with van der Waals surface area (Å²) in [5.41, 5.74) is 1.04. The number of hydrogen-bond donors (Lipinski definition) is 1. The summed E-state index contributed by atoms with van der Waals surface area (Å²) in [5.74, 6) is 0.891. The van der Waals surface area contributed by atoms with Gasteiger partial charge in [0.1, 0.15) is 5.75 Å². The Morgan fingerprint density at radius 1 is 1.29 bits per heavy atom. The highest BCUT2D eigenvalue weighted by Gasteiger charge is 2.44. The highest BCUT2D eigenvalue weighted by atomic mass is 16.6. The molecule has 4 heteroatoms. The van der Waals surface area contributed by atoms with Gasteiger partial charge in [-0.3, -0.25) is 5.32 Å². The molecule has 2 fully saturated rings. The quantitative estimate of drug-likeness (QED) is 0.842. The monoisotopic (exact) mass is 235 g/mol. The van der Waals surface area contributed by atoms with E-state index in [4.69, 9.17) is 14.2 Å². The molecule has 17 heavy (non-hydrogen) atoms. The van der Waals surface area contributed by atoms with E-state index in [9.17, 15) is 0 Å². The van der Waals surface area contributed by atoms with Crippen molar-refractivity contribution in [1.29, 1.82) is 0 Å². The Morgan fingerprint density at radius 2 is 2.06 bits per heavy atom. The van der Waals surface area contributed by atoms with Gasteiger partial charge in [-0.25, -0.2) is 0 Å². The number of methoxy groups -OCH3 is 1. The second-order valence-corrected chi connectivity index (χ2v) is 4.59. The zero-order chi connectivity index (χ0) is 11.7. The van der Waals surface area contributed by atoms with Crippen LogP contribution < -0.4 is 10.1 Å². The van der Waals surface area contributed by atoms with Crippen LogP contribution in [0.5, 0.6) is 5.75 Å². The van der Waals surface area contributed by atoms with E-state index in [0.29, 0.717) is 19.3 Å². The van der Waals surface area contributed by atoms with Crippen molar-refractivity contribution >= 4 is 0 Å². The summed E-state index contributed by atoms with van der Waals surface area (Å²) in [6.45, 7) is 2.09. The molecular weight excluding hydrogens is 218 g/mol. The Bertz CT molecular complexity index is 386. The molecule has 1 atom stereocenters. The average Bonchev–Trinajstić information content (AvgIpc) is 2.37. The molecule has 2 aliphatic rings. The van der Waals surface area contributed by atoms with E-state index in [1.165, 1.54) is 5.56 Å². The molecule has 3 rings (SSSR count). The molecule has 1 spiro atoms. The lowest BCUT2D eigenvalue weighted by Gasteiger charge is -2.47. The molecule has 1 unspecified atom stereocenters. The molecule has 1 N–H and O–H groups in total. The fraction of sp³-hybridized carbons (Fsp3) is 0.538. The Hall–Kier alpha value is -1.10. The third-order valence-corrected chi connectivity index (χ3v) is 3.41. The molecule has 2 aliphatic heterocycles. The molecule has 1 aromatic carbocycles. The van der Waals surface area contributed by atoms with Crippen LogP contribution in [-0.4, -0.2) is 32.7 Å². The van der Waals surface area contributed by atoms with Gasteiger partial charge >= 0.3 is 0 Å². The molecule has 2 saturated heterocycles. The van der Waals surface area contributed by atoms with E-state index in [1.54, 1.807) is 7.11 Å². The molecule has 92 valence electrons. The number of ether oxygens (including phenoxy) is 3. The summed E-state index contributed by atoms with van der Waals surface area (Å²) in [7, 11) is 1.68. The van der Waals surface area contributed by atoms with Crippen LogP contribution >= 0.6 is 0 Å². The normalized spacial score (nSPS) is 26.5. The maximum atomic E-state index is 5.74. The fourth-order valence-corrected chi connectivity index (χ4v) is 2.34. The standard InChI is InChI=1S/C13H17NO3/c1-15-11-4-2-10(3-5-11)12-6-7-17-13(14-12)8-16-9-13/h2-5,12,14H,6-9H2,1H3. The molecule has 4 nitrogen and oxygen atoms in total. The summed E-state index contributed by atoms with van der Waals surface area (Å²) >= 11 is 0. The molecular formula is C13H17NO3. The third kappa shape index (κ3) is 2.04. The van der Waals surface area contributed by atoms with Crippen LogP contribution in [0, 0.1) is 0 Å². The Balaban J connectivity index is 1.74. The van der Waals surface area contributed by atoms with E-state index >= 15 is 0 Å². The van der Waals surface area contributed by atoms with Crippen LogP contribution in [0.4, 0.5) is 0 Å². The molecule has 0 aliphatic carbocycles. The highest BCUT2D eigenvalue weighted by molar-refractivity contribution is 5.29. The molecule has 0 saturated carbocycles. The van der Waals surface area contributed by atoms with Gasteiger partial charge in [0.2, 0.25) is 0 Å². The first kappa shape index (κ1) is 11.0. The van der Waals surface area contributed by atoms with E-state index in [-0.39, 0.29) is 5.72 Å².